The van der Waals surface area contributed by atoms with Gasteiger partial charge in [-0.25, -0.2) is 0 Å². The van der Waals surface area contributed by atoms with Gasteiger partial charge in [-0.05, 0) is 55.4 Å². The molecular formula is C21H32O. The average molecular weight is 300 g/mol. The third-order valence-electron chi connectivity index (χ3n) is 5.29. The fraction of sp³-hybridized carbons (Fsp3) is 0.619. The van der Waals surface area contributed by atoms with Gasteiger partial charge >= 0.3 is 0 Å². The first kappa shape index (κ1) is 17.3. The topological polar surface area (TPSA) is 20.2 Å². The molecular weight excluding hydrogens is 268 g/mol. The molecule has 0 radical (unpaired) electrons. The number of allylic oxidation sites excluding steroid dienone is 1. The predicted molar refractivity (Wildman–Crippen MR) is 94.7 cm³/mol. The van der Waals surface area contributed by atoms with Crippen LogP contribution in [0.4, 0.5) is 0 Å². The lowest BCUT2D eigenvalue weighted by atomic mass is 9.68. The molecule has 0 unspecified atom stereocenters. The summed E-state index contributed by atoms with van der Waals surface area (Å²) in [6, 6.07) is 10.5. The number of benzene rings is 1. The molecule has 22 heavy (non-hydrogen) atoms. The minimum atomic E-state index is -0.293. The van der Waals surface area contributed by atoms with Gasteiger partial charge in [-0.1, -0.05) is 69.2 Å². The maximum atomic E-state index is 10.8. The first-order chi connectivity index (χ1) is 10.5. The van der Waals surface area contributed by atoms with Gasteiger partial charge in [0.25, 0.3) is 0 Å². The van der Waals surface area contributed by atoms with E-state index < -0.39 is 0 Å². The van der Waals surface area contributed by atoms with Crippen molar-refractivity contribution in [2.24, 2.45) is 23.7 Å². The highest BCUT2D eigenvalue weighted by atomic mass is 16.3. The Labute approximate surface area is 136 Å². The van der Waals surface area contributed by atoms with Crippen LogP contribution in [0, 0.1) is 23.7 Å². The molecule has 1 aromatic rings. The second-order valence-corrected chi connectivity index (χ2v) is 7.66. The summed E-state index contributed by atoms with van der Waals surface area (Å²) in [7, 11) is 0. The van der Waals surface area contributed by atoms with Crippen LogP contribution in [0.25, 0.3) is 0 Å². The molecule has 0 saturated heterocycles. The van der Waals surface area contributed by atoms with E-state index in [-0.39, 0.29) is 6.10 Å². The number of hydrogen-bond acceptors (Lipinski definition) is 1. The first-order valence-corrected chi connectivity index (χ1v) is 8.86. The molecule has 1 N–H and O–H groups in total. The standard InChI is InChI=1S/C21H32O/c1-15(2)19-11-10-16(3)13-20(19)21(22)14-17(4)12-18-8-6-5-7-9-18/h5-9,14-16,19-22H,10-13H2,1-4H3/b17-14+/t16-,19+,20-,21+/m1/s1. The van der Waals surface area contributed by atoms with Gasteiger partial charge in [0.05, 0.1) is 6.10 Å². The maximum Gasteiger partial charge on any atom is 0.0754 e. The second kappa shape index (κ2) is 7.97. The summed E-state index contributed by atoms with van der Waals surface area (Å²) in [5, 5.41) is 10.8. The van der Waals surface area contributed by atoms with E-state index in [9.17, 15) is 5.11 Å². The molecule has 0 amide bonds. The van der Waals surface area contributed by atoms with Crippen LogP contribution in [-0.4, -0.2) is 11.2 Å². The Hall–Kier alpha value is -1.08. The Morgan fingerprint density at radius 1 is 1.18 bits per heavy atom. The third-order valence-corrected chi connectivity index (χ3v) is 5.29. The zero-order chi connectivity index (χ0) is 16.1. The van der Waals surface area contributed by atoms with Crippen molar-refractivity contribution >= 4 is 0 Å². The van der Waals surface area contributed by atoms with Crippen molar-refractivity contribution in [1.82, 2.24) is 0 Å². The molecule has 0 bridgehead atoms. The van der Waals surface area contributed by atoms with Crippen LogP contribution in [0.1, 0.15) is 52.5 Å². The summed E-state index contributed by atoms with van der Waals surface area (Å²) in [6.45, 7) is 9.09. The number of aliphatic hydroxyl groups is 1. The molecule has 0 aliphatic heterocycles. The van der Waals surface area contributed by atoms with E-state index in [0.717, 1.165) is 12.3 Å². The quantitative estimate of drug-likeness (QED) is 0.737. The molecule has 4 atom stereocenters. The third kappa shape index (κ3) is 4.71. The van der Waals surface area contributed by atoms with E-state index >= 15 is 0 Å². The van der Waals surface area contributed by atoms with Crippen LogP contribution in [0.15, 0.2) is 42.0 Å². The van der Waals surface area contributed by atoms with E-state index in [1.807, 2.05) is 6.07 Å². The Kier molecular flexibility index (Phi) is 6.26. The zero-order valence-electron chi connectivity index (χ0n) is 14.6. The van der Waals surface area contributed by atoms with E-state index in [2.05, 4.69) is 58.0 Å². The fourth-order valence-corrected chi connectivity index (χ4v) is 4.06. The molecule has 1 fully saturated rings. The number of hydrogen-bond donors (Lipinski definition) is 1. The van der Waals surface area contributed by atoms with Gasteiger partial charge in [0.1, 0.15) is 0 Å². The largest absolute Gasteiger partial charge is 0.389 e. The van der Waals surface area contributed by atoms with Gasteiger partial charge in [-0.15, -0.1) is 0 Å². The highest BCUT2D eigenvalue weighted by molar-refractivity contribution is 5.21. The van der Waals surface area contributed by atoms with Crippen molar-refractivity contribution in [2.75, 3.05) is 0 Å². The SMILES string of the molecule is C/C(=C\[C@H](O)[C@@H]1C[C@H](C)CC[C@H]1C(C)C)Cc1ccccc1. The molecule has 1 nitrogen and oxygen atoms in total. The van der Waals surface area contributed by atoms with Crippen molar-refractivity contribution in [3.63, 3.8) is 0 Å². The van der Waals surface area contributed by atoms with Crippen LogP contribution >= 0.6 is 0 Å². The smallest absolute Gasteiger partial charge is 0.0754 e. The average Bonchev–Trinajstić information content (AvgIpc) is 2.47. The minimum absolute atomic E-state index is 0.293. The van der Waals surface area contributed by atoms with E-state index in [1.54, 1.807) is 0 Å². The molecule has 122 valence electrons. The van der Waals surface area contributed by atoms with Crippen molar-refractivity contribution in [1.29, 1.82) is 0 Å². The lowest BCUT2D eigenvalue weighted by Crippen LogP contribution is -2.35. The van der Waals surface area contributed by atoms with Gasteiger partial charge in [-0.3, -0.25) is 0 Å². The summed E-state index contributed by atoms with van der Waals surface area (Å²) in [6.07, 6.45) is 6.51. The zero-order valence-corrected chi connectivity index (χ0v) is 14.6. The minimum Gasteiger partial charge on any atom is -0.389 e. The Balaban J connectivity index is 2.04. The highest BCUT2D eigenvalue weighted by Gasteiger charge is 2.34. The normalized spacial score (nSPS) is 27.9. The lowest BCUT2D eigenvalue weighted by molar-refractivity contribution is 0.0422. The summed E-state index contributed by atoms with van der Waals surface area (Å²) in [4.78, 5) is 0. The first-order valence-electron chi connectivity index (χ1n) is 8.86. The van der Waals surface area contributed by atoms with E-state index in [4.69, 9.17) is 0 Å². The molecule has 1 aliphatic carbocycles. The maximum absolute atomic E-state index is 10.8. The van der Waals surface area contributed by atoms with Gasteiger partial charge in [0.2, 0.25) is 0 Å². The van der Waals surface area contributed by atoms with Crippen LogP contribution in [0.5, 0.6) is 0 Å². The Bertz CT molecular complexity index is 474. The van der Waals surface area contributed by atoms with E-state index in [0.29, 0.717) is 17.8 Å². The van der Waals surface area contributed by atoms with Crippen molar-refractivity contribution in [3.05, 3.63) is 47.5 Å². The fourth-order valence-electron chi connectivity index (χ4n) is 4.06. The summed E-state index contributed by atoms with van der Waals surface area (Å²) in [5.74, 6) is 2.49. The van der Waals surface area contributed by atoms with Crippen LogP contribution in [-0.2, 0) is 6.42 Å². The molecule has 0 heterocycles. The highest BCUT2D eigenvalue weighted by Crippen LogP contribution is 2.40. The molecule has 0 spiro atoms. The molecule has 1 heteroatoms. The summed E-state index contributed by atoms with van der Waals surface area (Å²) >= 11 is 0. The van der Waals surface area contributed by atoms with Crippen molar-refractivity contribution in [3.8, 4) is 0 Å². The molecule has 1 aromatic carbocycles. The van der Waals surface area contributed by atoms with Gasteiger partial charge < -0.3 is 5.11 Å². The summed E-state index contributed by atoms with van der Waals surface area (Å²) < 4.78 is 0. The van der Waals surface area contributed by atoms with E-state index in [1.165, 1.54) is 30.4 Å². The molecule has 0 aromatic heterocycles. The number of aliphatic hydroxyl groups excluding tert-OH is 1. The monoisotopic (exact) mass is 300 g/mol. The second-order valence-electron chi connectivity index (χ2n) is 7.66. The van der Waals surface area contributed by atoms with Gasteiger partial charge in [0, 0.05) is 0 Å². The molecule has 2 rings (SSSR count). The van der Waals surface area contributed by atoms with Gasteiger partial charge in [0.15, 0.2) is 0 Å². The molecule has 1 aliphatic rings. The number of rotatable bonds is 5. The van der Waals surface area contributed by atoms with Crippen LogP contribution in [0.3, 0.4) is 0 Å². The van der Waals surface area contributed by atoms with Crippen molar-refractivity contribution < 1.29 is 5.11 Å². The summed E-state index contributed by atoms with van der Waals surface area (Å²) in [5.41, 5.74) is 2.60. The predicted octanol–water partition coefficient (Wildman–Crippen LogP) is 5.24. The Morgan fingerprint density at radius 2 is 1.86 bits per heavy atom. The van der Waals surface area contributed by atoms with Crippen molar-refractivity contribution in [2.45, 2.75) is 59.5 Å². The van der Waals surface area contributed by atoms with Crippen LogP contribution in [0.2, 0.25) is 0 Å². The lowest BCUT2D eigenvalue weighted by Gasteiger charge is -2.39. The van der Waals surface area contributed by atoms with Crippen LogP contribution < -0.4 is 0 Å². The molecule has 1 saturated carbocycles. The Morgan fingerprint density at radius 3 is 2.50 bits per heavy atom. The van der Waals surface area contributed by atoms with Gasteiger partial charge in [-0.2, -0.15) is 0 Å².